The molecule has 1 aromatic carbocycles. The molecule has 4 aliphatic carbocycles. The molecule has 0 heterocycles. The average Bonchev–Trinajstić information content (AvgIpc) is 3.12. The molecule has 4 aliphatic rings. The number of hydrogen-bond acceptors (Lipinski definition) is 4. The molecule has 0 N–H and O–H groups in total. The van der Waals surface area contributed by atoms with Gasteiger partial charge in [-0.3, -0.25) is 13.8 Å². The third-order valence-corrected chi connectivity index (χ3v) is 10.8. The molecule has 5 heteroatoms. The van der Waals surface area contributed by atoms with Crippen LogP contribution in [-0.4, -0.2) is 28.3 Å². The van der Waals surface area contributed by atoms with Crippen molar-refractivity contribution in [3.05, 3.63) is 42.0 Å². The molecule has 1 aromatic rings. The number of benzene rings is 1. The maximum absolute atomic E-state index is 13.6. The van der Waals surface area contributed by atoms with Crippen molar-refractivity contribution in [3.8, 4) is 0 Å². The van der Waals surface area contributed by atoms with Crippen LogP contribution in [0.5, 0.6) is 0 Å². The fraction of sp³-hybridized carbons (Fsp3) is 0.615. The first-order valence-electron chi connectivity index (χ1n) is 11.7. The van der Waals surface area contributed by atoms with Crippen molar-refractivity contribution in [2.75, 3.05) is 7.11 Å². The van der Waals surface area contributed by atoms with Crippen molar-refractivity contribution in [2.24, 2.45) is 28.6 Å². The van der Waals surface area contributed by atoms with Crippen LogP contribution in [0.2, 0.25) is 0 Å². The molecular weight excluding hydrogens is 408 g/mol. The molecule has 0 spiro atoms. The highest BCUT2D eigenvalue weighted by atomic mass is 32.2. The number of Topliss-reactive ketones (excluding diaryl/α,β-unsaturated/α-hetero) is 1. The predicted molar refractivity (Wildman–Crippen MR) is 120 cm³/mol. The van der Waals surface area contributed by atoms with Crippen molar-refractivity contribution in [2.45, 2.75) is 68.6 Å². The minimum absolute atomic E-state index is 0.0653. The molecule has 3 saturated carbocycles. The number of fused-ring (bicyclic) bond motifs is 5. The van der Waals surface area contributed by atoms with Gasteiger partial charge in [0.2, 0.25) is 0 Å². The molecule has 5 rings (SSSR count). The summed E-state index contributed by atoms with van der Waals surface area (Å²) >= 11 is 0. The number of carbonyl (C=O) groups excluding carboxylic acids is 2. The molecule has 0 amide bonds. The number of rotatable bonds is 4. The van der Waals surface area contributed by atoms with Crippen LogP contribution < -0.4 is 0 Å². The standard InChI is InChI=1S/C26H32O4S/c1-25-14-12-18(27)16-17(25)8-9-20-21(25)13-15-26(22(20)10-11-23(26)28)24(30-2)31(29)19-6-4-3-5-7-19/h3-7,16,20-22,24H,8-15H2,1-2H3/t20-,21+,22+,24?,25+,26-,31?/m1/s1. The van der Waals surface area contributed by atoms with E-state index in [0.29, 0.717) is 24.7 Å². The summed E-state index contributed by atoms with van der Waals surface area (Å²) in [5.41, 5.74) is 0.139. The maximum atomic E-state index is 13.6. The zero-order valence-electron chi connectivity index (χ0n) is 18.5. The number of hydrogen-bond donors (Lipinski definition) is 0. The SMILES string of the molecule is COC(S(=O)c1ccccc1)[C@]12CC[C@H]3[C@@H](CCC4=CC(=O)CC[C@@]43C)[C@@H]1CCC2=O. The summed E-state index contributed by atoms with van der Waals surface area (Å²) in [7, 11) is 0.222. The Morgan fingerprint density at radius 1 is 1.00 bits per heavy atom. The third kappa shape index (κ3) is 3.06. The molecule has 0 radical (unpaired) electrons. The van der Waals surface area contributed by atoms with E-state index in [2.05, 4.69) is 6.92 Å². The fourth-order valence-corrected chi connectivity index (χ4v) is 9.31. The minimum atomic E-state index is -1.39. The van der Waals surface area contributed by atoms with E-state index in [1.807, 2.05) is 36.4 Å². The normalized spacial score (nSPS) is 39.2. The van der Waals surface area contributed by atoms with Crippen LogP contribution in [0.15, 0.2) is 46.9 Å². The van der Waals surface area contributed by atoms with E-state index in [1.165, 1.54) is 5.57 Å². The summed E-state index contributed by atoms with van der Waals surface area (Å²) < 4.78 is 19.6. The summed E-state index contributed by atoms with van der Waals surface area (Å²) in [6.45, 7) is 2.35. The Hall–Kier alpha value is -1.59. The molecule has 0 aliphatic heterocycles. The van der Waals surface area contributed by atoms with E-state index < -0.39 is 21.7 Å². The number of methoxy groups -OCH3 is 1. The number of allylic oxidation sites excluding steroid dienone is 1. The Balaban J connectivity index is 1.52. The van der Waals surface area contributed by atoms with E-state index in [-0.39, 0.29) is 22.9 Å². The molecule has 3 fully saturated rings. The van der Waals surface area contributed by atoms with Gasteiger partial charge in [-0.2, -0.15) is 0 Å². The predicted octanol–water partition coefficient (Wildman–Crippen LogP) is 4.85. The first-order chi connectivity index (χ1) is 14.9. The Kier molecular flexibility index (Phi) is 5.33. The lowest BCUT2D eigenvalue weighted by Crippen LogP contribution is -2.56. The van der Waals surface area contributed by atoms with Crippen molar-refractivity contribution in [3.63, 3.8) is 0 Å². The fourth-order valence-electron chi connectivity index (χ4n) is 7.66. The highest BCUT2D eigenvalue weighted by Crippen LogP contribution is 2.66. The van der Waals surface area contributed by atoms with E-state index >= 15 is 0 Å². The number of carbonyl (C=O) groups is 2. The Morgan fingerprint density at radius 3 is 2.52 bits per heavy atom. The van der Waals surface area contributed by atoms with Crippen LogP contribution in [0.4, 0.5) is 0 Å². The van der Waals surface area contributed by atoms with Gasteiger partial charge in [-0.1, -0.05) is 30.7 Å². The molecule has 0 bridgehead atoms. The second kappa shape index (κ2) is 7.77. The third-order valence-electron chi connectivity index (χ3n) is 9.10. The van der Waals surface area contributed by atoms with Crippen molar-refractivity contribution < 1.29 is 18.5 Å². The Bertz CT molecular complexity index is 953. The van der Waals surface area contributed by atoms with Gasteiger partial charge in [0.1, 0.15) is 11.2 Å². The van der Waals surface area contributed by atoms with E-state index in [0.717, 1.165) is 43.4 Å². The second-order valence-electron chi connectivity index (χ2n) is 10.2. The van der Waals surface area contributed by atoms with Crippen molar-refractivity contribution in [1.29, 1.82) is 0 Å². The summed E-state index contributed by atoms with van der Waals surface area (Å²) in [5.74, 6) is 1.66. The van der Waals surface area contributed by atoms with Gasteiger partial charge in [-0.15, -0.1) is 0 Å². The Morgan fingerprint density at radius 2 is 1.77 bits per heavy atom. The molecule has 0 aromatic heterocycles. The summed E-state index contributed by atoms with van der Waals surface area (Å²) in [5, 5.41) is 0. The Labute approximate surface area is 187 Å². The molecule has 0 saturated heterocycles. The van der Waals surface area contributed by atoms with Gasteiger partial charge in [0, 0.05) is 24.8 Å². The monoisotopic (exact) mass is 440 g/mol. The first-order valence-corrected chi connectivity index (χ1v) is 12.9. The smallest absolute Gasteiger partial charge is 0.155 e. The van der Waals surface area contributed by atoms with E-state index in [9.17, 15) is 13.8 Å². The van der Waals surface area contributed by atoms with Gasteiger partial charge in [-0.05, 0) is 79.9 Å². The lowest BCUT2D eigenvalue weighted by molar-refractivity contribution is -0.143. The van der Waals surface area contributed by atoms with Gasteiger partial charge >= 0.3 is 0 Å². The maximum Gasteiger partial charge on any atom is 0.155 e. The average molecular weight is 441 g/mol. The van der Waals surface area contributed by atoms with Crippen molar-refractivity contribution >= 4 is 22.4 Å². The molecule has 31 heavy (non-hydrogen) atoms. The highest BCUT2D eigenvalue weighted by molar-refractivity contribution is 7.85. The quantitative estimate of drug-likeness (QED) is 0.672. The zero-order chi connectivity index (χ0) is 21.8. The topological polar surface area (TPSA) is 60.4 Å². The van der Waals surface area contributed by atoms with Gasteiger partial charge < -0.3 is 4.74 Å². The van der Waals surface area contributed by atoms with Crippen LogP contribution in [0.25, 0.3) is 0 Å². The molecular formula is C26H32O4S. The van der Waals surface area contributed by atoms with Crippen LogP contribution in [0, 0.1) is 28.6 Å². The summed E-state index contributed by atoms with van der Waals surface area (Å²) in [4.78, 5) is 26.3. The van der Waals surface area contributed by atoms with Gasteiger partial charge in [0.25, 0.3) is 0 Å². The van der Waals surface area contributed by atoms with Crippen LogP contribution in [-0.2, 0) is 25.1 Å². The van der Waals surface area contributed by atoms with E-state index in [4.69, 9.17) is 4.74 Å². The van der Waals surface area contributed by atoms with E-state index in [1.54, 1.807) is 7.11 Å². The summed E-state index contributed by atoms with van der Waals surface area (Å²) in [6.07, 6.45) is 8.58. The summed E-state index contributed by atoms with van der Waals surface area (Å²) in [6, 6.07) is 9.44. The molecule has 7 atom stereocenters. The molecule has 4 nitrogen and oxygen atoms in total. The molecule has 166 valence electrons. The number of ether oxygens (including phenoxy) is 1. The highest BCUT2D eigenvalue weighted by Gasteiger charge is 2.64. The van der Waals surface area contributed by atoms with Crippen LogP contribution in [0.3, 0.4) is 0 Å². The van der Waals surface area contributed by atoms with Crippen LogP contribution in [0.1, 0.15) is 58.3 Å². The van der Waals surface area contributed by atoms with Crippen LogP contribution >= 0.6 is 0 Å². The largest absolute Gasteiger partial charge is 0.367 e. The van der Waals surface area contributed by atoms with Crippen molar-refractivity contribution in [1.82, 2.24) is 0 Å². The second-order valence-corrected chi connectivity index (χ2v) is 11.7. The zero-order valence-corrected chi connectivity index (χ0v) is 19.3. The number of ketones is 2. The lowest BCUT2D eigenvalue weighted by atomic mass is 9.47. The molecule has 2 unspecified atom stereocenters. The first kappa shape index (κ1) is 21.3. The van der Waals surface area contributed by atoms with Gasteiger partial charge in [0.15, 0.2) is 5.78 Å². The van der Waals surface area contributed by atoms with Gasteiger partial charge in [0.05, 0.1) is 16.2 Å². The lowest BCUT2D eigenvalue weighted by Gasteiger charge is -2.58. The van der Waals surface area contributed by atoms with Gasteiger partial charge in [-0.25, -0.2) is 0 Å². The minimum Gasteiger partial charge on any atom is -0.367 e.